The second-order valence-electron chi connectivity index (χ2n) is 16.0. The van der Waals surface area contributed by atoms with Crippen LogP contribution in [-0.2, 0) is 11.8 Å². The van der Waals surface area contributed by atoms with E-state index in [1.807, 2.05) is 36.4 Å². The van der Waals surface area contributed by atoms with E-state index in [0.29, 0.717) is 17.5 Å². The maximum atomic E-state index is 5.04. The van der Waals surface area contributed by atoms with Crippen LogP contribution >= 0.6 is 0 Å². The summed E-state index contributed by atoms with van der Waals surface area (Å²) < 4.78 is 0. The molecule has 1 heterocycles. The lowest BCUT2D eigenvalue weighted by Crippen LogP contribution is -2.14. The van der Waals surface area contributed by atoms with Gasteiger partial charge in [0, 0.05) is 22.1 Å². The third kappa shape index (κ3) is 5.62. The van der Waals surface area contributed by atoms with Crippen molar-refractivity contribution in [2.45, 2.75) is 25.7 Å². The van der Waals surface area contributed by atoms with Crippen LogP contribution in [0.3, 0.4) is 0 Å². The van der Waals surface area contributed by atoms with Crippen molar-refractivity contribution in [2.75, 3.05) is 0 Å². The summed E-state index contributed by atoms with van der Waals surface area (Å²) in [5.41, 5.74) is 21.0. The second kappa shape index (κ2) is 13.5. The minimum atomic E-state index is -0.0650. The first-order valence-corrected chi connectivity index (χ1v) is 20.1. The zero-order valence-corrected chi connectivity index (χ0v) is 32.4. The van der Waals surface area contributed by atoms with Gasteiger partial charge < -0.3 is 0 Å². The molecule has 3 nitrogen and oxygen atoms in total. The molecule has 0 atom stereocenters. The molecule has 3 heteroatoms. The average molecular weight is 742 g/mol. The number of aromatic nitrogens is 3. The molecule has 2 aliphatic rings. The lowest BCUT2D eigenvalue weighted by molar-refractivity contribution is 0.660. The summed E-state index contributed by atoms with van der Waals surface area (Å²) in [4.78, 5) is 15.0. The van der Waals surface area contributed by atoms with Crippen LogP contribution in [0.2, 0.25) is 0 Å². The predicted molar refractivity (Wildman–Crippen MR) is 238 cm³/mol. The molecule has 1 aromatic heterocycles. The molecule has 274 valence electrons. The van der Waals surface area contributed by atoms with Crippen LogP contribution in [0.15, 0.2) is 188 Å². The molecule has 0 unspecified atom stereocenters. The van der Waals surface area contributed by atoms with Crippen molar-refractivity contribution in [3.63, 3.8) is 0 Å². The van der Waals surface area contributed by atoms with Gasteiger partial charge in [0.05, 0.1) is 0 Å². The lowest BCUT2D eigenvalue weighted by atomic mass is 9.81. The Bertz CT molecular complexity index is 2980. The Balaban J connectivity index is 1.03. The van der Waals surface area contributed by atoms with Crippen LogP contribution in [-0.4, -0.2) is 15.0 Å². The Kier molecular flexibility index (Phi) is 7.90. The van der Waals surface area contributed by atoms with E-state index in [2.05, 4.69) is 166 Å². The van der Waals surface area contributed by atoms with E-state index in [1.54, 1.807) is 0 Å². The minimum Gasteiger partial charge on any atom is -0.208 e. The fourth-order valence-electron chi connectivity index (χ4n) is 9.27. The quantitative estimate of drug-likeness (QED) is 0.170. The van der Waals surface area contributed by atoms with Crippen LogP contribution in [0.4, 0.5) is 0 Å². The van der Waals surface area contributed by atoms with Gasteiger partial charge in [-0.15, -0.1) is 0 Å². The summed E-state index contributed by atoms with van der Waals surface area (Å²) in [6.45, 7) is 4.72. The fraction of sp³-hybridized carbons (Fsp3) is 0.0727. The van der Waals surface area contributed by atoms with Crippen molar-refractivity contribution < 1.29 is 0 Å². The summed E-state index contributed by atoms with van der Waals surface area (Å²) in [6, 6.07) is 67.5. The molecule has 0 radical (unpaired) electrons. The topological polar surface area (TPSA) is 38.7 Å². The Morgan fingerprint density at radius 2 is 0.810 bits per heavy atom. The number of nitrogens with zero attached hydrogens (tertiary/aromatic N) is 3. The third-order valence-corrected chi connectivity index (χ3v) is 12.2. The number of fused-ring (bicyclic) bond motifs is 6. The SMILES string of the molecule is CC1(C)c2ccccc2-c2ccc(-c3cc(-c4ccccc4)c4c(c3)-c3cccc(-c5cccc(-c6nc(-c7ccccc7)nc(-c7ccccc7)n6)c5)c3C4)cc21. The van der Waals surface area contributed by atoms with Crippen LogP contribution in [0.25, 0.3) is 89.8 Å². The smallest absolute Gasteiger partial charge is 0.164 e. The molecule has 0 bridgehead atoms. The van der Waals surface area contributed by atoms with Gasteiger partial charge in [0.25, 0.3) is 0 Å². The van der Waals surface area contributed by atoms with Gasteiger partial charge in [0.15, 0.2) is 17.5 Å². The number of benzene rings is 8. The van der Waals surface area contributed by atoms with Gasteiger partial charge in [-0.1, -0.05) is 178 Å². The molecule has 9 aromatic rings. The van der Waals surface area contributed by atoms with E-state index >= 15 is 0 Å². The summed E-state index contributed by atoms with van der Waals surface area (Å²) >= 11 is 0. The van der Waals surface area contributed by atoms with Crippen molar-refractivity contribution in [3.8, 4) is 89.8 Å². The highest BCUT2D eigenvalue weighted by atomic mass is 15.0. The number of hydrogen-bond acceptors (Lipinski definition) is 3. The lowest BCUT2D eigenvalue weighted by Gasteiger charge is -2.22. The number of hydrogen-bond donors (Lipinski definition) is 0. The predicted octanol–water partition coefficient (Wildman–Crippen LogP) is 13.8. The first-order chi connectivity index (χ1) is 28.5. The summed E-state index contributed by atoms with van der Waals surface area (Å²) in [7, 11) is 0. The largest absolute Gasteiger partial charge is 0.208 e. The molecule has 0 saturated carbocycles. The van der Waals surface area contributed by atoms with Gasteiger partial charge in [-0.25, -0.2) is 15.0 Å². The average Bonchev–Trinajstić information content (AvgIpc) is 3.78. The van der Waals surface area contributed by atoms with E-state index in [4.69, 9.17) is 15.0 Å². The second-order valence-corrected chi connectivity index (χ2v) is 16.0. The summed E-state index contributed by atoms with van der Waals surface area (Å²) in [5, 5.41) is 0. The minimum absolute atomic E-state index is 0.0650. The molecule has 11 rings (SSSR count). The molecule has 0 amide bonds. The number of rotatable bonds is 6. The van der Waals surface area contributed by atoms with Gasteiger partial charge in [-0.2, -0.15) is 0 Å². The Morgan fingerprint density at radius 1 is 0.310 bits per heavy atom. The third-order valence-electron chi connectivity index (χ3n) is 12.2. The van der Waals surface area contributed by atoms with Crippen molar-refractivity contribution in [1.29, 1.82) is 0 Å². The Morgan fingerprint density at radius 3 is 1.52 bits per heavy atom. The zero-order valence-electron chi connectivity index (χ0n) is 32.4. The molecular weight excluding hydrogens is 703 g/mol. The van der Waals surface area contributed by atoms with E-state index in [0.717, 1.165) is 28.7 Å². The highest BCUT2D eigenvalue weighted by Crippen LogP contribution is 2.51. The first kappa shape index (κ1) is 34.1. The van der Waals surface area contributed by atoms with Crippen molar-refractivity contribution >= 4 is 0 Å². The van der Waals surface area contributed by atoms with E-state index < -0.39 is 0 Å². The molecule has 0 fully saturated rings. The summed E-state index contributed by atoms with van der Waals surface area (Å²) in [5.74, 6) is 1.97. The van der Waals surface area contributed by atoms with Crippen LogP contribution in [0.5, 0.6) is 0 Å². The highest BCUT2D eigenvalue weighted by Gasteiger charge is 2.35. The molecule has 0 saturated heterocycles. The van der Waals surface area contributed by atoms with E-state index in [-0.39, 0.29) is 5.41 Å². The van der Waals surface area contributed by atoms with E-state index in [1.165, 1.54) is 72.3 Å². The molecule has 2 aliphatic carbocycles. The zero-order chi connectivity index (χ0) is 38.8. The Labute approximate surface area is 339 Å². The molecule has 0 N–H and O–H groups in total. The first-order valence-electron chi connectivity index (χ1n) is 20.1. The maximum absolute atomic E-state index is 5.04. The molecule has 0 aliphatic heterocycles. The van der Waals surface area contributed by atoms with Crippen LogP contribution < -0.4 is 0 Å². The molecular formula is C55H39N3. The van der Waals surface area contributed by atoms with Crippen LogP contribution in [0.1, 0.15) is 36.1 Å². The monoisotopic (exact) mass is 741 g/mol. The summed E-state index contributed by atoms with van der Waals surface area (Å²) in [6.07, 6.45) is 0.851. The highest BCUT2D eigenvalue weighted by molar-refractivity contribution is 5.94. The molecule has 8 aromatic carbocycles. The fourth-order valence-corrected chi connectivity index (χ4v) is 9.27. The van der Waals surface area contributed by atoms with Gasteiger partial charge in [-0.05, 0) is 109 Å². The van der Waals surface area contributed by atoms with Gasteiger partial charge in [0.2, 0.25) is 0 Å². The van der Waals surface area contributed by atoms with Crippen LogP contribution in [0, 0.1) is 0 Å². The standard InChI is InChI=1S/C55H39N3/c1-55(2)50-27-13-12-24-44(50)45-29-28-38(33-51(45)55)41-31-46(35-16-6-3-7-17-35)49-34-48-42(25-15-26-43(48)47(49)32-41)39-22-14-23-40(30-39)54-57-52(36-18-8-4-9-19-36)56-53(58-54)37-20-10-5-11-21-37/h3-33H,34H2,1-2H3. The van der Waals surface area contributed by atoms with Crippen molar-refractivity contribution in [3.05, 3.63) is 210 Å². The van der Waals surface area contributed by atoms with Gasteiger partial charge in [0.1, 0.15) is 0 Å². The van der Waals surface area contributed by atoms with Crippen molar-refractivity contribution in [2.24, 2.45) is 0 Å². The Hall–Kier alpha value is -7.23. The normalized spacial score (nSPS) is 13.1. The maximum Gasteiger partial charge on any atom is 0.164 e. The van der Waals surface area contributed by atoms with Crippen molar-refractivity contribution in [1.82, 2.24) is 15.0 Å². The van der Waals surface area contributed by atoms with Gasteiger partial charge >= 0.3 is 0 Å². The van der Waals surface area contributed by atoms with E-state index in [9.17, 15) is 0 Å². The molecule has 0 spiro atoms. The molecule has 58 heavy (non-hydrogen) atoms. The van der Waals surface area contributed by atoms with Gasteiger partial charge in [-0.3, -0.25) is 0 Å².